The predicted molar refractivity (Wildman–Crippen MR) is 73.5 cm³/mol. The van der Waals surface area contributed by atoms with Crippen molar-refractivity contribution in [1.29, 1.82) is 10.5 Å². The maximum absolute atomic E-state index is 11.5. The largest absolute Gasteiger partial charge is 0.383 e. The molecule has 0 aliphatic heterocycles. The molecule has 0 amide bonds. The van der Waals surface area contributed by atoms with Crippen LogP contribution >= 0.6 is 0 Å². The average Bonchev–Trinajstić information content (AvgIpc) is 2.47. The molecule has 1 aromatic carbocycles. The fourth-order valence-corrected chi connectivity index (χ4v) is 3.13. The highest BCUT2D eigenvalue weighted by atomic mass is 16.6. The van der Waals surface area contributed by atoms with Crippen molar-refractivity contribution in [2.75, 3.05) is 0 Å². The third-order valence-corrected chi connectivity index (χ3v) is 4.29. The minimum atomic E-state index is -1.55. The van der Waals surface area contributed by atoms with Gasteiger partial charge in [0, 0.05) is 4.92 Å². The summed E-state index contributed by atoms with van der Waals surface area (Å²) >= 11 is 0. The van der Waals surface area contributed by atoms with Crippen LogP contribution in [0.15, 0.2) is 30.3 Å². The summed E-state index contributed by atoms with van der Waals surface area (Å²) in [6, 6.07) is 11.0. The Hall–Kier alpha value is -2.44. The first-order chi connectivity index (χ1) is 9.88. The van der Waals surface area contributed by atoms with Crippen molar-refractivity contribution in [1.82, 2.24) is 0 Å². The summed E-state index contributed by atoms with van der Waals surface area (Å²) < 4.78 is 0. The minimum absolute atomic E-state index is 0.0447. The van der Waals surface area contributed by atoms with Crippen LogP contribution in [0.2, 0.25) is 0 Å². The highest BCUT2D eigenvalue weighted by Crippen LogP contribution is 2.51. The molecule has 0 bridgehead atoms. The highest BCUT2D eigenvalue weighted by Gasteiger charge is 2.61. The van der Waals surface area contributed by atoms with Gasteiger partial charge in [0.2, 0.25) is 6.04 Å². The summed E-state index contributed by atoms with van der Waals surface area (Å²) in [5.41, 5.74) is -2.52. The first-order valence-electron chi connectivity index (χ1n) is 6.61. The number of hydrogen-bond donors (Lipinski definition) is 1. The first-order valence-corrected chi connectivity index (χ1v) is 6.61. The quantitative estimate of drug-likeness (QED) is 0.659. The first kappa shape index (κ1) is 15.0. The third-order valence-electron chi connectivity index (χ3n) is 4.29. The molecular formula is C15H15N3O3. The fraction of sp³-hybridized carbons (Fsp3) is 0.467. The van der Waals surface area contributed by atoms with Crippen LogP contribution in [-0.2, 0) is 0 Å². The zero-order valence-corrected chi connectivity index (χ0v) is 11.6. The Balaban J connectivity index is 2.66. The van der Waals surface area contributed by atoms with Crippen LogP contribution in [0.25, 0.3) is 0 Å². The summed E-state index contributed by atoms with van der Waals surface area (Å²) in [6.07, 6.45) is 0.153. The predicted octanol–water partition coefficient (Wildman–Crippen LogP) is 1.99. The number of aliphatic hydroxyl groups is 1. The Labute approximate surface area is 122 Å². The van der Waals surface area contributed by atoms with Crippen molar-refractivity contribution in [3.05, 3.63) is 46.0 Å². The van der Waals surface area contributed by atoms with E-state index in [-0.39, 0.29) is 12.8 Å². The van der Waals surface area contributed by atoms with Crippen LogP contribution in [0.1, 0.15) is 31.2 Å². The maximum atomic E-state index is 11.5. The zero-order valence-electron chi connectivity index (χ0n) is 11.6. The van der Waals surface area contributed by atoms with Crippen molar-refractivity contribution >= 4 is 0 Å². The van der Waals surface area contributed by atoms with Gasteiger partial charge in [0.1, 0.15) is 5.60 Å². The second-order valence-electron chi connectivity index (χ2n) is 5.67. The molecule has 21 heavy (non-hydrogen) atoms. The summed E-state index contributed by atoms with van der Waals surface area (Å²) in [5.74, 6) is -0.965. The molecule has 1 aromatic rings. The smallest absolute Gasteiger partial charge is 0.250 e. The molecule has 3 atom stereocenters. The lowest BCUT2D eigenvalue weighted by Gasteiger charge is -2.42. The standard InChI is InChI=1S/C15H15N3O3/c1-14(19)7-8-15(9-16,10-17)12(13(14)18(20)21)11-5-3-2-4-6-11/h2-6,12-13,19H,7-8H2,1H3/t12-,13-,14+/m0/s1. The van der Waals surface area contributed by atoms with Gasteiger partial charge in [-0.05, 0) is 25.3 Å². The molecule has 0 spiro atoms. The fourth-order valence-electron chi connectivity index (χ4n) is 3.13. The normalized spacial score (nSPS) is 30.9. The van der Waals surface area contributed by atoms with Crippen molar-refractivity contribution < 1.29 is 10.0 Å². The van der Waals surface area contributed by atoms with E-state index < -0.39 is 27.9 Å². The third kappa shape index (κ3) is 2.35. The highest BCUT2D eigenvalue weighted by molar-refractivity contribution is 5.35. The number of nitro groups is 1. The van der Waals surface area contributed by atoms with Gasteiger partial charge < -0.3 is 5.11 Å². The van der Waals surface area contributed by atoms with Crippen LogP contribution in [0.5, 0.6) is 0 Å². The molecule has 1 aliphatic carbocycles. The molecule has 0 saturated heterocycles. The van der Waals surface area contributed by atoms with E-state index in [1.54, 1.807) is 30.3 Å². The Kier molecular flexibility index (Phi) is 3.67. The number of benzene rings is 1. The van der Waals surface area contributed by atoms with E-state index >= 15 is 0 Å². The van der Waals surface area contributed by atoms with E-state index in [2.05, 4.69) is 0 Å². The van der Waals surface area contributed by atoms with Gasteiger partial charge in [0.05, 0.1) is 18.1 Å². The molecule has 6 nitrogen and oxygen atoms in total. The van der Waals surface area contributed by atoms with Gasteiger partial charge in [-0.25, -0.2) is 0 Å². The van der Waals surface area contributed by atoms with Crippen molar-refractivity contribution in [2.24, 2.45) is 5.41 Å². The molecule has 0 aromatic heterocycles. The van der Waals surface area contributed by atoms with Crippen LogP contribution in [0, 0.1) is 38.2 Å². The van der Waals surface area contributed by atoms with Gasteiger partial charge in [-0.2, -0.15) is 10.5 Å². The Bertz CT molecular complexity index is 614. The second kappa shape index (κ2) is 5.16. The van der Waals surface area contributed by atoms with Gasteiger partial charge in [-0.3, -0.25) is 10.1 Å². The molecule has 108 valence electrons. The lowest BCUT2D eigenvalue weighted by atomic mass is 9.59. The molecular weight excluding hydrogens is 270 g/mol. The van der Waals surface area contributed by atoms with E-state index in [1.807, 2.05) is 12.1 Å². The molecule has 2 rings (SSSR count). The van der Waals surface area contributed by atoms with E-state index in [1.165, 1.54) is 6.92 Å². The van der Waals surface area contributed by atoms with Crippen molar-refractivity contribution in [3.63, 3.8) is 0 Å². The van der Waals surface area contributed by atoms with Crippen molar-refractivity contribution in [2.45, 2.75) is 37.3 Å². The van der Waals surface area contributed by atoms with Crippen LogP contribution in [-0.4, -0.2) is 21.7 Å². The molecule has 1 N–H and O–H groups in total. The molecule has 0 heterocycles. The molecule has 0 unspecified atom stereocenters. The topological polar surface area (TPSA) is 111 Å². The molecule has 6 heteroatoms. The lowest BCUT2D eigenvalue weighted by Crippen LogP contribution is -2.56. The summed E-state index contributed by atoms with van der Waals surface area (Å²) in [6.45, 7) is 1.40. The molecule has 1 saturated carbocycles. The Morgan fingerprint density at radius 2 is 1.86 bits per heavy atom. The number of nitriles is 2. The van der Waals surface area contributed by atoms with Gasteiger partial charge in [-0.15, -0.1) is 0 Å². The van der Waals surface area contributed by atoms with Crippen LogP contribution < -0.4 is 0 Å². The molecule has 1 fully saturated rings. The minimum Gasteiger partial charge on any atom is -0.383 e. The van der Waals surface area contributed by atoms with Gasteiger partial charge in [0.25, 0.3) is 0 Å². The molecule has 0 radical (unpaired) electrons. The zero-order chi connectivity index (χ0) is 15.7. The molecule has 1 aliphatic rings. The Morgan fingerprint density at radius 3 is 2.33 bits per heavy atom. The average molecular weight is 285 g/mol. The number of rotatable bonds is 2. The summed E-state index contributed by atoms with van der Waals surface area (Å²) in [5, 5.41) is 40.8. The number of nitrogens with zero attached hydrogens (tertiary/aromatic N) is 3. The Morgan fingerprint density at radius 1 is 1.29 bits per heavy atom. The number of hydrogen-bond acceptors (Lipinski definition) is 5. The summed E-state index contributed by atoms with van der Waals surface area (Å²) in [4.78, 5) is 10.9. The van der Waals surface area contributed by atoms with Gasteiger partial charge >= 0.3 is 0 Å². The van der Waals surface area contributed by atoms with E-state index in [9.17, 15) is 25.7 Å². The van der Waals surface area contributed by atoms with Crippen molar-refractivity contribution in [3.8, 4) is 12.1 Å². The van der Waals surface area contributed by atoms with Gasteiger partial charge in [-0.1, -0.05) is 30.3 Å². The van der Waals surface area contributed by atoms with Crippen LogP contribution in [0.4, 0.5) is 0 Å². The van der Waals surface area contributed by atoms with Gasteiger partial charge in [0.15, 0.2) is 5.41 Å². The monoisotopic (exact) mass is 285 g/mol. The van der Waals surface area contributed by atoms with E-state index in [4.69, 9.17) is 0 Å². The summed E-state index contributed by atoms with van der Waals surface area (Å²) in [7, 11) is 0. The van der Waals surface area contributed by atoms with E-state index in [0.717, 1.165) is 0 Å². The second-order valence-corrected chi connectivity index (χ2v) is 5.67. The lowest BCUT2D eigenvalue weighted by molar-refractivity contribution is -0.555. The van der Waals surface area contributed by atoms with Crippen LogP contribution in [0.3, 0.4) is 0 Å². The van der Waals surface area contributed by atoms with E-state index in [0.29, 0.717) is 5.56 Å². The maximum Gasteiger partial charge on any atom is 0.250 e. The SMILES string of the molecule is C[C@@]1(O)CCC(C#N)(C#N)[C@@H](c2ccccc2)[C@@H]1[N+](=O)[O-].